The zero-order chi connectivity index (χ0) is 12.6. The van der Waals surface area contributed by atoms with E-state index in [1.165, 1.54) is 22.2 Å². The molecule has 0 aliphatic rings. The minimum atomic E-state index is -0.163. The van der Waals surface area contributed by atoms with Gasteiger partial charge in [-0.2, -0.15) is 0 Å². The van der Waals surface area contributed by atoms with Crippen molar-refractivity contribution in [2.45, 2.75) is 20.3 Å². The van der Waals surface area contributed by atoms with Crippen LogP contribution in [-0.4, -0.2) is 35.7 Å². The molecule has 0 N–H and O–H groups in total. The molecule has 0 aromatic rings. The first-order valence-corrected chi connectivity index (χ1v) is 5.22. The van der Waals surface area contributed by atoms with E-state index < -0.39 is 0 Å². The molecule has 0 aliphatic heterocycles. The van der Waals surface area contributed by atoms with Crippen molar-refractivity contribution >= 4 is 12.8 Å². The quantitative estimate of drug-likeness (QED) is 0.558. The fourth-order valence-electron chi connectivity index (χ4n) is 1.44. The summed E-state index contributed by atoms with van der Waals surface area (Å²) >= 11 is 0. The van der Waals surface area contributed by atoms with Gasteiger partial charge in [0, 0.05) is 18.5 Å². The Hall–Kier alpha value is -1.58. The summed E-state index contributed by atoms with van der Waals surface area (Å²) in [4.78, 5) is 24.4. The SMILES string of the molecule is C=CN(C=O)CC(C)(CC)CN(C=C)C=O. The summed E-state index contributed by atoms with van der Waals surface area (Å²) in [6.07, 6.45) is 5.30. The van der Waals surface area contributed by atoms with Crippen LogP contribution in [0.5, 0.6) is 0 Å². The second-order valence-electron chi connectivity index (χ2n) is 4.08. The van der Waals surface area contributed by atoms with Crippen LogP contribution < -0.4 is 0 Å². The highest BCUT2D eigenvalue weighted by molar-refractivity contribution is 5.50. The molecule has 0 unspecified atom stereocenters. The standard InChI is InChI=1S/C12H20N2O2/c1-5-12(4,8-13(6-2)10-15)9-14(7-3)11-16/h6-7,10-11H,2-3,5,8-9H2,1,4H3. The van der Waals surface area contributed by atoms with Gasteiger partial charge in [-0.25, -0.2) is 0 Å². The average Bonchev–Trinajstić information content (AvgIpc) is 2.33. The maximum atomic E-state index is 10.7. The van der Waals surface area contributed by atoms with Crippen molar-refractivity contribution in [2.24, 2.45) is 5.41 Å². The molecular formula is C12H20N2O2. The molecule has 0 atom stereocenters. The van der Waals surface area contributed by atoms with Crippen molar-refractivity contribution in [1.29, 1.82) is 0 Å². The predicted octanol–water partition coefficient (Wildman–Crippen LogP) is 1.61. The van der Waals surface area contributed by atoms with Crippen molar-refractivity contribution < 1.29 is 9.59 Å². The second kappa shape index (κ2) is 6.82. The van der Waals surface area contributed by atoms with Crippen molar-refractivity contribution in [3.8, 4) is 0 Å². The Labute approximate surface area is 97.2 Å². The van der Waals surface area contributed by atoms with Gasteiger partial charge in [-0.1, -0.05) is 27.0 Å². The minimum absolute atomic E-state index is 0.163. The van der Waals surface area contributed by atoms with Gasteiger partial charge >= 0.3 is 0 Å². The van der Waals surface area contributed by atoms with E-state index in [1.54, 1.807) is 0 Å². The van der Waals surface area contributed by atoms with Gasteiger partial charge in [-0.05, 0) is 18.8 Å². The number of amides is 2. The molecule has 0 radical (unpaired) electrons. The van der Waals surface area contributed by atoms with Gasteiger partial charge in [-0.15, -0.1) is 0 Å². The molecule has 16 heavy (non-hydrogen) atoms. The highest BCUT2D eigenvalue weighted by atomic mass is 16.1. The summed E-state index contributed by atoms with van der Waals surface area (Å²) in [7, 11) is 0. The molecule has 0 saturated carbocycles. The van der Waals surface area contributed by atoms with Crippen LogP contribution in [0.15, 0.2) is 25.6 Å². The summed E-state index contributed by atoms with van der Waals surface area (Å²) in [6, 6.07) is 0. The fourth-order valence-corrected chi connectivity index (χ4v) is 1.44. The third-order valence-electron chi connectivity index (χ3n) is 2.72. The summed E-state index contributed by atoms with van der Waals surface area (Å²) in [5, 5.41) is 0. The lowest BCUT2D eigenvalue weighted by Crippen LogP contribution is -2.39. The van der Waals surface area contributed by atoms with Crippen molar-refractivity contribution in [2.75, 3.05) is 13.1 Å². The molecule has 0 fully saturated rings. The molecule has 0 aromatic carbocycles. The van der Waals surface area contributed by atoms with Crippen LogP contribution in [0.2, 0.25) is 0 Å². The normalized spacial score (nSPS) is 10.4. The number of hydrogen-bond donors (Lipinski definition) is 0. The Balaban J connectivity index is 4.62. The van der Waals surface area contributed by atoms with Gasteiger partial charge in [0.15, 0.2) is 0 Å². The molecular weight excluding hydrogens is 204 g/mol. The number of hydrogen-bond acceptors (Lipinski definition) is 2. The molecule has 0 rings (SSSR count). The summed E-state index contributed by atoms with van der Waals surface area (Å²) in [6.45, 7) is 12.2. The number of rotatable bonds is 9. The molecule has 0 spiro atoms. The Bertz CT molecular complexity index is 226. The predicted molar refractivity (Wildman–Crippen MR) is 64.3 cm³/mol. The minimum Gasteiger partial charge on any atom is -0.322 e. The first kappa shape index (κ1) is 14.4. The van der Waals surface area contributed by atoms with Crippen LogP contribution in [0.3, 0.4) is 0 Å². The van der Waals surface area contributed by atoms with Crippen LogP contribution in [0, 0.1) is 5.41 Å². The molecule has 2 amide bonds. The largest absolute Gasteiger partial charge is 0.322 e. The van der Waals surface area contributed by atoms with Crippen LogP contribution >= 0.6 is 0 Å². The van der Waals surface area contributed by atoms with E-state index in [4.69, 9.17) is 0 Å². The van der Waals surface area contributed by atoms with Crippen molar-refractivity contribution in [3.05, 3.63) is 25.6 Å². The molecule has 4 heteroatoms. The lowest BCUT2D eigenvalue weighted by atomic mass is 9.86. The molecule has 4 nitrogen and oxygen atoms in total. The van der Waals surface area contributed by atoms with Crippen molar-refractivity contribution in [3.63, 3.8) is 0 Å². The van der Waals surface area contributed by atoms with Crippen LogP contribution in [0.4, 0.5) is 0 Å². The molecule has 0 aliphatic carbocycles. The number of nitrogens with zero attached hydrogens (tertiary/aromatic N) is 2. The molecule has 0 bridgehead atoms. The van der Waals surface area contributed by atoms with Crippen LogP contribution in [-0.2, 0) is 9.59 Å². The maximum Gasteiger partial charge on any atom is 0.213 e. The topological polar surface area (TPSA) is 40.6 Å². The molecule has 0 heterocycles. The van der Waals surface area contributed by atoms with E-state index >= 15 is 0 Å². The fraction of sp³-hybridized carbons (Fsp3) is 0.500. The van der Waals surface area contributed by atoms with E-state index in [1.807, 2.05) is 13.8 Å². The molecule has 0 aromatic heterocycles. The van der Waals surface area contributed by atoms with E-state index in [9.17, 15) is 9.59 Å². The van der Waals surface area contributed by atoms with Gasteiger partial charge in [0.2, 0.25) is 12.8 Å². The van der Waals surface area contributed by atoms with Crippen LogP contribution in [0.25, 0.3) is 0 Å². The summed E-state index contributed by atoms with van der Waals surface area (Å²) < 4.78 is 0. The smallest absolute Gasteiger partial charge is 0.213 e. The van der Waals surface area contributed by atoms with Crippen LogP contribution in [0.1, 0.15) is 20.3 Å². The van der Waals surface area contributed by atoms with Gasteiger partial charge in [0.1, 0.15) is 0 Å². The monoisotopic (exact) mass is 224 g/mol. The van der Waals surface area contributed by atoms with E-state index in [2.05, 4.69) is 13.2 Å². The average molecular weight is 224 g/mol. The first-order valence-electron chi connectivity index (χ1n) is 5.22. The highest BCUT2D eigenvalue weighted by Crippen LogP contribution is 2.23. The van der Waals surface area contributed by atoms with Gasteiger partial charge in [0.05, 0.1) is 0 Å². The summed E-state index contributed by atoms with van der Waals surface area (Å²) in [5.41, 5.74) is -0.163. The number of carbonyl (C=O) groups is 2. The molecule has 90 valence electrons. The summed E-state index contributed by atoms with van der Waals surface area (Å²) in [5.74, 6) is 0. The lowest BCUT2D eigenvalue weighted by Gasteiger charge is -2.34. The van der Waals surface area contributed by atoms with Crippen molar-refractivity contribution in [1.82, 2.24) is 9.80 Å². The Morgan fingerprint density at radius 3 is 1.62 bits per heavy atom. The van der Waals surface area contributed by atoms with E-state index in [-0.39, 0.29) is 5.41 Å². The first-order chi connectivity index (χ1) is 7.55. The van der Waals surface area contributed by atoms with E-state index in [0.717, 1.165) is 19.2 Å². The lowest BCUT2D eigenvalue weighted by molar-refractivity contribution is -0.118. The maximum absolute atomic E-state index is 10.7. The second-order valence-corrected chi connectivity index (χ2v) is 4.08. The third-order valence-corrected chi connectivity index (χ3v) is 2.72. The Kier molecular flexibility index (Phi) is 6.15. The highest BCUT2D eigenvalue weighted by Gasteiger charge is 2.26. The van der Waals surface area contributed by atoms with Gasteiger partial charge in [-0.3, -0.25) is 9.59 Å². The van der Waals surface area contributed by atoms with Gasteiger partial charge < -0.3 is 9.80 Å². The number of carbonyl (C=O) groups excluding carboxylic acids is 2. The zero-order valence-electron chi connectivity index (χ0n) is 10.1. The van der Waals surface area contributed by atoms with E-state index in [0.29, 0.717) is 13.1 Å². The molecule has 0 saturated heterocycles. The zero-order valence-corrected chi connectivity index (χ0v) is 10.1. The third kappa shape index (κ3) is 4.29. The Morgan fingerprint density at radius 2 is 1.44 bits per heavy atom. The Morgan fingerprint density at radius 1 is 1.06 bits per heavy atom. The van der Waals surface area contributed by atoms with Gasteiger partial charge in [0.25, 0.3) is 0 Å².